The number of likely N-dealkylation sites (N-methyl/N-ethyl adjacent to an activating group) is 1. The number of nitro groups is 1. The van der Waals surface area contributed by atoms with Crippen LogP contribution in [0.3, 0.4) is 0 Å². The summed E-state index contributed by atoms with van der Waals surface area (Å²) in [5.74, 6) is -0.531. The fourth-order valence-electron chi connectivity index (χ4n) is 2.66. The summed E-state index contributed by atoms with van der Waals surface area (Å²) >= 11 is 5.71. The van der Waals surface area contributed by atoms with Crippen molar-refractivity contribution < 1.29 is 14.8 Å². The van der Waals surface area contributed by atoms with E-state index < -0.39 is 22.6 Å². The van der Waals surface area contributed by atoms with Crippen LogP contribution >= 0.6 is 11.6 Å². The molecule has 0 aliphatic heterocycles. The Morgan fingerprint density at radius 3 is 2.81 bits per heavy atom. The summed E-state index contributed by atoms with van der Waals surface area (Å²) in [5.41, 5.74) is -0.610. The Kier molecular flexibility index (Phi) is 4.74. The minimum atomic E-state index is -0.715. The molecule has 1 N–H and O–H groups in total. The maximum absolute atomic E-state index is 12.5. The van der Waals surface area contributed by atoms with Crippen molar-refractivity contribution in [1.29, 1.82) is 0 Å². The monoisotopic (exact) mass is 313 g/mol. The lowest BCUT2D eigenvalue weighted by Gasteiger charge is -2.35. The maximum Gasteiger partial charge on any atom is 0.319 e. The smallest absolute Gasteiger partial charge is 0.319 e. The zero-order valence-electron chi connectivity index (χ0n) is 11.5. The molecule has 1 amide bonds. The van der Waals surface area contributed by atoms with Crippen molar-refractivity contribution >= 4 is 23.2 Å². The first-order valence-corrected chi connectivity index (χ1v) is 7.05. The van der Waals surface area contributed by atoms with E-state index in [9.17, 15) is 20.0 Å². The molecule has 8 heteroatoms. The molecular formula is C13H16ClN3O4. The molecule has 0 saturated heterocycles. The van der Waals surface area contributed by atoms with Crippen LogP contribution in [0, 0.1) is 10.1 Å². The third-order valence-corrected chi connectivity index (χ3v) is 4.08. The molecule has 2 unspecified atom stereocenters. The number of halogens is 1. The molecule has 2 rings (SSSR count). The van der Waals surface area contributed by atoms with Crippen LogP contribution in [0.2, 0.25) is 5.15 Å². The van der Waals surface area contributed by atoms with Crippen LogP contribution in [-0.2, 0) is 0 Å². The molecular weight excluding hydrogens is 298 g/mol. The van der Waals surface area contributed by atoms with Gasteiger partial charge in [0.25, 0.3) is 5.91 Å². The summed E-state index contributed by atoms with van der Waals surface area (Å²) in [6, 6.07) is 0.940. The van der Waals surface area contributed by atoms with Gasteiger partial charge in [0.1, 0.15) is 5.56 Å². The van der Waals surface area contributed by atoms with Gasteiger partial charge in [-0.1, -0.05) is 24.4 Å². The molecule has 114 valence electrons. The summed E-state index contributed by atoms with van der Waals surface area (Å²) in [6.45, 7) is 0. The number of aromatic nitrogens is 1. The van der Waals surface area contributed by atoms with Crippen LogP contribution < -0.4 is 0 Å². The number of aliphatic hydroxyl groups excluding tert-OH is 1. The van der Waals surface area contributed by atoms with Crippen molar-refractivity contribution in [2.45, 2.75) is 37.8 Å². The highest BCUT2D eigenvalue weighted by Gasteiger charge is 2.33. The Balaban J connectivity index is 2.31. The fourth-order valence-corrected chi connectivity index (χ4v) is 2.89. The molecule has 1 aliphatic rings. The van der Waals surface area contributed by atoms with Gasteiger partial charge in [-0.05, 0) is 18.9 Å². The molecule has 1 aliphatic carbocycles. The van der Waals surface area contributed by atoms with Crippen LogP contribution in [0.1, 0.15) is 36.0 Å². The van der Waals surface area contributed by atoms with Gasteiger partial charge in [-0.3, -0.25) is 14.9 Å². The number of amides is 1. The first-order valence-electron chi connectivity index (χ1n) is 6.67. The van der Waals surface area contributed by atoms with E-state index in [1.165, 1.54) is 17.2 Å². The van der Waals surface area contributed by atoms with Crippen LogP contribution in [-0.4, -0.2) is 45.0 Å². The molecule has 0 bridgehead atoms. The summed E-state index contributed by atoms with van der Waals surface area (Å²) in [4.78, 5) is 27.8. The molecule has 2 atom stereocenters. The molecule has 1 saturated carbocycles. The van der Waals surface area contributed by atoms with Crippen molar-refractivity contribution in [3.05, 3.63) is 33.1 Å². The first-order chi connectivity index (χ1) is 9.93. The first kappa shape index (κ1) is 15.7. The van der Waals surface area contributed by atoms with Gasteiger partial charge in [0.15, 0.2) is 0 Å². The van der Waals surface area contributed by atoms with Crippen molar-refractivity contribution in [3.8, 4) is 0 Å². The van der Waals surface area contributed by atoms with E-state index in [1.54, 1.807) is 7.05 Å². The van der Waals surface area contributed by atoms with Gasteiger partial charge in [0.05, 0.1) is 17.1 Å². The van der Waals surface area contributed by atoms with Crippen molar-refractivity contribution in [3.63, 3.8) is 0 Å². The van der Waals surface area contributed by atoms with Crippen LogP contribution in [0.4, 0.5) is 5.69 Å². The summed E-state index contributed by atoms with van der Waals surface area (Å²) in [5, 5.41) is 20.8. The number of carbonyl (C=O) groups is 1. The zero-order chi connectivity index (χ0) is 15.6. The Bertz CT molecular complexity index is 566. The van der Waals surface area contributed by atoms with Crippen molar-refractivity contribution in [1.82, 2.24) is 9.88 Å². The van der Waals surface area contributed by atoms with E-state index in [0.717, 1.165) is 12.8 Å². The van der Waals surface area contributed by atoms with Crippen LogP contribution in [0.5, 0.6) is 0 Å². The van der Waals surface area contributed by atoms with Gasteiger partial charge >= 0.3 is 5.69 Å². The van der Waals surface area contributed by atoms with Gasteiger partial charge in [0, 0.05) is 13.2 Å². The molecule has 7 nitrogen and oxygen atoms in total. The second-order valence-corrected chi connectivity index (χ2v) is 5.45. The Morgan fingerprint density at radius 1 is 1.52 bits per heavy atom. The molecule has 0 radical (unpaired) electrons. The predicted octanol–water partition coefficient (Wildman–Crippen LogP) is 2.02. The number of carbonyl (C=O) groups excluding carboxylic acids is 1. The van der Waals surface area contributed by atoms with Gasteiger partial charge in [-0.2, -0.15) is 0 Å². The van der Waals surface area contributed by atoms with Crippen molar-refractivity contribution in [2.75, 3.05) is 7.05 Å². The normalized spacial score (nSPS) is 21.9. The lowest BCUT2D eigenvalue weighted by atomic mass is 9.91. The Hall–Kier alpha value is -1.73. The quantitative estimate of drug-likeness (QED) is 0.523. The second-order valence-electron chi connectivity index (χ2n) is 5.09. The minimum absolute atomic E-state index is 0.111. The summed E-state index contributed by atoms with van der Waals surface area (Å²) in [7, 11) is 1.54. The number of hydrogen-bond acceptors (Lipinski definition) is 5. The van der Waals surface area contributed by atoms with E-state index in [4.69, 9.17) is 11.6 Å². The molecule has 1 aromatic heterocycles. The van der Waals surface area contributed by atoms with Crippen LogP contribution in [0.15, 0.2) is 12.3 Å². The van der Waals surface area contributed by atoms with Gasteiger partial charge in [-0.25, -0.2) is 4.98 Å². The summed E-state index contributed by atoms with van der Waals surface area (Å²) in [6.07, 6.45) is 3.79. The lowest BCUT2D eigenvalue weighted by Crippen LogP contribution is -2.46. The van der Waals surface area contributed by atoms with E-state index in [0.29, 0.717) is 12.8 Å². The average Bonchev–Trinajstić information content (AvgIpc) is 2.45. The SMILES string of the molecule is CN(C(=O)c1ccnc(Cl)c1[N+](=O)[O-])C1CCCCC1O. The third kappa shape index (κ3) is 3.14. The highest BCUT2D eigenvalue weighted by molar-refractivity contribution is 6.32. The highest BCUT2D eigenvalue weighted by atomic mass is 35.5. The minimum Gasteiger partial charge on any atom is -0.391 e. The molecule has 1 fully saturated rings. The largest absolute Gasteiger partial charge is 0.391 e. The molecule has 1 heterocycles. The zero-order valence-corrected chi connectivity index (χ0v) is 12.3. The molecule has 21 heavy (non-hydrogen) atoms. The highest BCUT2D eigenvalue weighted by Crippen LogP contribution is 2.29. The number of rotatable bonds is 3. The van der Waals surface area contributed by atoms with Crippen molar-refractivity contribution in [2.24, 2.45) is 0 Å². The average molecular weight is 314 g/mol. The van der Waals surface area contributed by atoms with E-state index >= 15 is 0 Å². The Labute approximate surface area is 126 Å². The third-order valence-electron chi connectivity index (χ3n) is 3.80. The second kappa shape index (κ2) is 6.36. The predicted molar refractivity (Wildman–Crippen MR) is 76.3 cm³/mol. The van der Waals surface area contributed by atoms with Gasteiger partial charge in [0.2, 0.25) is 5.15 Å². The van der Waals surface area contributed by atoms with Gasteiger partial charge in [-0.15, -0.1) is 0 Å². The molecule has 1 aromatic rings. The van der Waals surface area contributed by atoms with Gasteiger partial charge < -0.3 is 10.0 Å². The number of hydrogen-bond donors (Lipinski definition) is 1. The molecule has 0 spiro atoms. The van der Waals surface area contributed by atoms with Crippen LogP contribution in [0.25, 0.3) is 0 Å². The van der Waals surface area contributed by atoms with E-state index in [2.05, 4.69) is 4.98 Å². The number of pyridine rings is 1. The number of aliphatic hydroxyl groups is 1. The fraction of sp³-hybridized carbons (Fsp3) is 0.538. The number of nitrogens with zero attached hydrogens (tertiary/aromatic N) is 3. The summed E-state index contributed by atoms with van der Waals surface area (Å²) < 4.78 is 0. The Morgan fingerprint density at radius 2 is 2.19 bits per heavy atom. The molecule has 0 aromatic carbocycles. The van der Waals surface area contributed by atoms with E-state index in [-0.39, 0.29) is 16.8 Å². The van der Waals surface area contributed by atoms with E-state index in [1.807, 2.05) is 0 Å². The lowest BCUT2D eigenvalue weighted by molar-refractivity contribution is -0.385. The maximum atomic E-state index is 12.5. The standard InChI is InChI=1S/C13H16ClN3O4/c1-16(9-4-2-3-5-10(9)18)13(19)8-6-7-15-12(14)11(8)17(20)21/h6-7,9-10,18H,2-5H2,1H3. The topological polar surface area (TPSA) is 96.6 Å².